The molecule has 5 heteroatoms. The van der Waals surface area contributed by atoms with E-state index in [1.54, 1.807) is 0 Å². The molecule has 0 N–H and O–H groups in total. The van der Waals surface area contributed by atoms with Gasteiger partial charge in [-0.3, -0.25) is 4.79 Å². The van der Waals surface area contributed by atoms with Crippen LogP contribution in [-0.2, 0) is 23.8 Å². The molecule has 148 valence electrons. The van der Waals surface area contributed by atoms with E-state index in [2.05, 4.69) is 26.5 Å². The van der Waals surface area contributed by atoms with E-state index in [9.17, 15) is 9.59 Å². The molecule has 0 saturated carbocycles. The van der Waals surface area contributed by atoms with Crippen LogP contribution in [0, 0.1) is 5.92 Å². The second-order valence-corrected chi connectivity index (χ2v) is 8.27. The number of carbonyl (C=O) groups excluding carboxylic acids is 2. The molecular weight excluding hydrogens is 344 g/mol. The van der Waals surface area contributed by atoms with Gasteiger partial charge in [0.05, 0.1) is 6.10 Å². The maximum atomic E-state index is 12.1. The molecule has 2 saturated heterocycles. The molecular formula is C22H30O5. The van der Waals surface area contributed by atoms with Crippen LogP contribution in [0.5, 0.6) is 0 Å². The van der Waals surface area contributed by atoms with Crippen molar-refractivity contribution in [2.45, 2.75) is 83.7 Å². The van der Waals surface area contributed by atoms with Crippen LogP contribution in [0.4, 0.5) is 0 Å². The third-order valence-electron chi connectivity index (χ3n) is 6.02. The molecule has 27 heavy (non-hydrogen) atoms. The molecule has 0 aromatic carbocycles. The molecule has 0 bridgehead atoms. The molecule has 0 aromatic rings. The van der Waals surface area contributed by atoms with E-state index in [1.165, 1.54) is 18.1 Å². The lowest BCUT2D eigenvalue weighted by atomic mass is 9.84. The molecule has 1 aliphatic carbocycles. The Kier molecular flexibility index (Phi) is 5.61. The highest BCUT2D eigenvalue weighted by Crippen LogP contribution is 2.47. The van der Waals surface area contributed by atoms with Crippen molar-refractivity contribution in [2.75, 3.05) is 0 Å². The first kappa shape index (κ1) is 19.9. The topological polar surface area (TPSA) is 65.1 Å². The fraction of sp³-hybridized carbons (Fsp3) is 0.636. The molecule has 2 fully saturated rings. The van der Waals surface area contributed by atoms with Crippen LogP contribution in [0.2, 0.25) is 0 Å². The van der Waals surface area contributed by atoms with Crippen molar-refractivity contribution >= 4 is 11.9 Å². The molecule has 3 rings (SSSR count). The second-order valence-electron chi connectivity index (χ2n) is 8.27. The third kappa shape index (κ3) is 4.34. The standard InChI is InChI=1S/C22H30O5/c1-13-7-6-8-14(2)11-18-17(15(3)21(24)26-18)12-20(25-16(4)23)22(5)19(27-22)10-9-13/h7,11,17-20H,3,6,8-10,12H2,1-2,4-5H3/b13-7-,14-11?. The van der Waals surface area contributed by atoms with Gasteiger partial charge in [0.25, 0.3) is 0 Å². The zero-order valence-electron chi connectivity index (χ0n) is 16.7. The Labute approximate surface area is 161 Å². The zero-order chi connectivity index (χ0) is 19.8. The Morgan fingerprint density at radius 2 is 2.04 bits per heavy atom. The number of ether oxygens (including phenoxy) is 3. The van der Waals surface area contributed by atoms with E-state index >= 15 is 0 Å². The maximum absolute atomic E-state index is 12.1. The zero-order valence-corrected chi connectivity index (χ0v) is 16.7. The predicted molar refractivity (Wildman–Crippen MR) is 102 cm³/mol. The number of hydrogen-bond donors (Lipinski definition) is 0. The Morgan fingerprint density at radius 3 is 2.74 bits per heavy atom. The van der Waals surface area contributed by atoms with Gasteiger partial charge in [0, 0.05) is 18.4 Å². The summed E-state index contributed by atoms with van der Waals surface area (Å²) < 4.78 is 17.2. The van der Waals surface area contributed by atoms with Crippen LogP contribution in [0.15, 0.2) is 35.5 Å². The maximum Gasteiger partial charge on any atom is 0.334 e. The minimum absolute atomic E-state index is 0.0511. The smallest absolute Gasteiger partial charge is 0.334 e. The first-order chi connectivity index (χ1) is 12.7. The summed E-state index contributed by atoms with van der Waals surface area (Å²) in [5, 5.41) is 0. The van der Waals surface area contributed by atoms with Crippen molar-refractivity contribution < 1.29 is 23.8 Å². The summed E-state index contributed by atoms with van der Waals surface area (Å²) in [5.41, 5.74) is 2.46. The molecule has 5 unspecified atom stereocenters. The molecule has 3 aliphatic rings. The van der Waals surface area contributed by atoms with Gasteiger partial charge in [-0.25, -0.2) is 4.79 Å². The fourth-order valence-corrected chi connectivity index (χ4v) is 4.16. The summed E-state index contributed by atoms with van der Waals surface area (Å²) in [5.74, 6) is -0.917. The van der Waals surface area contributed by atoms with Gasteiger partial charge in [-0.15, -0.1) is 0 Å². The molecule has 5 nitrogen and oxygen atoms in total. The number of allylic oxidation sites excluding steroid dienone is 3. The molecule has 0 aromatic heterocycles. The molecule has 0 amide bonds. The first-order valence-electron chi connectivity index (χ1n) is 9.78. The van der Waals surface area contributed by atoms with Gasteiger partial charge in [-0.1, -0.05) is 23.8 Å². The minimum Gasteiger partial charge on any atom is -0.459 e. The highest BCUT2D eigenvalue weighted by Gasteiger charge is 2.60. The summed E-state index contributed by atoms with van der Waals surface area (Å²) in [6, 6.07) is 0. The van der Waals surface area contributed by atoms with Gasteiger partial charge < -0.3 is 14.2 Å². The lowest BCUT2D eigenvalue weighted by Gasteiger charge is -2.26. The average Bonchev–Trinajstić information content (AvgIpc) is 3.18. The SMILES string of the molecule is C=C1C(=O)OC2C=C(C)CC/C=C(/C)CCC3OC3(C)C(OC(C)=O)CC12. The molecule has 0 spiro atoms. The summed E-state index contributed by atoms with van der Waals surface area (Å²) in [4.78, 5) is 23.8. The Morgan fingerprint density at radius 1 is 1.30 bits per heavy atom. The second kappa shape index (κ2) is 7.63. The van der Waals surface area contributed by atoms with Gasteiger partial charge in [0.15, 0.2) is 0 Å². The Balaban J connectivity index is 1.91. The van der Waals surface area contributed by atoms with Crippen molar-refractivity contribution in [3.63, 3.8) is 0 Å². The van der Waals surface area contributed by atoms with E-state index in [4.69, 9.17) is 14.2 Å². The van der Waals surface area contributed by atoms with Gasteiger partial charge in [-0.2, -0.15) is 0 Å². The van der Waals surface area contributed by atoms with Crippen LogP contribution in [0.3, 0.4) is 0 Å². The minimum atomic E-state index is -0.523. The van der Waals surface area contributed by atoms with Crippen molar-refractivity contribution in [3.05, 3.63) is 35.5 Å². The summed E-state index contributed by atoms with van der Waals surface area (Å²) in [7, 11) is 0. The molecule has 5 atom stereocenters. The van der Waals surface area contributed by atoms with Crippen molar-refractivity contribution in [1.29, 1.82) is 0 Å². The Bertz CT molecular complexity index is 703. The summed E-state index contributed by atoms with van der Waals surface area (Å²) >= 11 is 0. The van der Waals surface area contributed by atoms with Crippen LogP contribution in [0.25, 0.3) is 0 Å². The highest BCUT2D eigenvalue weighted by atomic mass is 16.6. The van der Waals surface area contributed by atoms with Crippen LogP contribution in [-0.4, -0.2) is 35.9 Å². The van der Waals surface area contributed by atoms with Gasteiger partial charge >= 0.3 is 11.9 Å². The number of fused-ring (bicyclic) bond motifs is 2. The number of esters is 2. The van der Waals surface area contributed by atoms with Gasteiger partial charge in [-0.05, 0) is 59.0 Å². The van der Waals surface area contributed by atoms with Gasteiger partial charge in [0.1, 0.15) is 17.8 Å². The molecule has 2 aliphatic heterocycles. The third-order valence-corrected chi connectivity index (χ3v) is 6.02. The first-order valence-corrected chi connectivity index (χ1v) is 9.78. The average molecular weight is 374 g/mol. The lowest BCUT2D eigenvalue weighted by Crippen LogP contribution is -2.37. The quantitative estimate of drug-likeness (QED) is 0.300. The van der Waals surface area contributed by atoms with Crippen molar-refractivity contribution in [3.8, 4) is 0 Å². The van der Waals surface area contributed by atoms with Crippen LogP contribution >= 0.6 is 0 Å². The van der Waals surface area contributed by atoms with Crippen LogP contribution < -0.4 is 0 Å². The molecule has 0 radical (unpaired) electrons. The van der Waals surface area contributed by atoms with E-state index in [-0.39, 0.29) is 30.1 Å². The number of epoxide rings is 1. The van der Waals surface area contributed by atoms with Gasteiger partial charge in [0.2, 0.25) is 0 Å². The van der Waals surface area contributed by atoms with Crippen molar-refractivity contribution in [1.82, 2.24) is 0 Å². The Hall–Kier alpha value is -1.88. The largest absolute Gasteiger partial charge is 0.459 e. The van der Waals surface area contributed by atoms with E-state index in [0.717, 1.165) is 25.7 Å². The van der Waals surface area contributed by atoms with E-state index in [1.807, 2.05) is 13.0 Å². The fourth-order valence-electron chi connectivity index (χ4n) is 4.16. The normalized spacial score (nSPS) is 39.1. The number of carbonyl (C=O) groups is 2. The van der Waals surface area contributed by atoms with Crippen LogP contribution in [0.1, 0.15) is 59.8 Å². The summed E-state index contributed by atoms with van der Waals surface area (Å²) in [6.07, 6.45) is 7.78. The predicted octanol–water partition coefficient (Wildman–Crippen LogP) is 4.03. The number of hydrogen-bond acceptors (Lipinski definition) is 5. The van der Waals surface area contributed by atoms with E-state index < -0.39 is 11.7 Å². The lowest BCUT2D eigenvalue weighted by molar-refractivity contribution is -0.151. The number of rotatable bonds is 1. The summed E-state index contributed by atoms with van der Waals surface area (Å²) in [6.45, 7) is 11.5. The monoisotopic (exact) mass is 374 g/mol. The molecule has 2 heterocycles. The highest BCUT2D eigenvalue weighted by molar-refractivity contribution is 5.91. The van der Waals surface area contributed by atoms with E-state index in [0.29, 0.717) is 12.0 Å². The van der Waals surface area contributed by atoms with Crippen molar-refractivity contribution in [2.24, 2.45) is 5.92 Å².